The third kappa shape index (κ3) is 4.21. The molecule has 2 rings (SSSR count). The lowest BCUT2D eigenvalue weighted by Gasteiger charge is -2.14. The summed E-state index contributed by atoms with van der Waals surface area (Å²) >= 11 is 0. The molecule has 0 saturated heterocycles. The number of ether oxygens (including phenoxy) is 1. The van der Waals surface area contributed by atoms with Crippen molar-refractivity contribution in [2.45, 2.75) is 39.2 Å². The van der Waals surface area contributed by atoms with Crippen LogP contribution in [0.3, 0.4) is 0 Å². The van der Waals surface area contributed by atoms with Gasteiger partial charge in [0, 0.05) is 30.6 Å². The fraction of sp³-hybridized carbons (Fsp3) is 0.500. The smallest absolute Gasteiger partial charge is 0.223 e. The van der Waals surface area contributed by atoms with Crippen LogP contribution in [0, 0.1) is 5.92 Å². The summed E-state index contributed by atoms with van der Waals surface area (Å²) in [5, 5.41) is 5.70. The molecule has 5 nitrogen and oxygen atoms in total. The molecule has 0 atom stereocenters. The van der Waals surface area contributed by atoms with Crippen molar-refractivity contribution in [3.8, 4) is 5.75 Å². The summed E-state index contributed by atoms with van der Waals surface area (Å²) in [6.45, 7) is 1.87. The van der Waals surface area contributed by atoms with Gasteiger partial charge in [-0.15, -0.1) is 0 Å². The van der Waals surface area contributed by atoms with E-state index in [4.69, 9.17) is 4.74 Å². The highest BCUT2D eigenvalue weighted by atomic mass is 16.5. The average Bonchev–Trinajstić information content (AvgIpc) is 2.98. The summed E-state index contributed by atoms with van der Waals surface area (Å²) in [4.78, 5) is 23.2. The van der Waals surface area contributed by atoms with Gasteiger partial charge in [-0.1, -0.05) is 12.8 Å². The van der Waals surface area contributed by atoms with Crippen LogP contribution in [0.2, 0.25) is 0 Å². The van der Waals surface area contributed by atoms with Crippen molar-refractivity contribution in [3.05, 3.63) is 23.8 Å². The van der Waals surface area contributed by atoms with E-state index in [0.29, 0.717) is 18.0 Å². The number of methoxy groups -OCH3 is 1. The van der Waals surface area contributed by atoms with Crippen LogP contribution >= 0.6 is 0 Å². The molecule has 0 aromatic heterocycles. The van der Waals surface area contributed by atoms with Crippen molar-refractivity contribution >= 4 is 17.5 Å². The Morgan fingerprint density at radius 1 is 1.29 bits per heavy atom. The topological polar surface area (TPSA) is 67.4 Å². The minimum Gasteiger partial charge on any atom is -0.496 e. The van der Waals surface area contributed by atoms with E-state index in [2.05, 4.69) is 10.6 Å². The normalized spacial score (nSPS) is 14.8. The summed E-state index contributed by atoms with van der Waals surface area (Å²) < 4.78 is 5.30. The van der Waals surface area contributed by atoms with Gasteiger partial charge >= 0.3 is 0 Å². The number of anilines is 1. The molecule has 1 aromatic rings. The average molecular weight is 290 g/mol. The van der Waals surface area contributed by atoms with Crippen LogP contribution in [-0.2, 0) is 16.1 Å². The molecule has 0 unspecified atom stereocenters. The van der Waals surface area contributed by atoms with Crippen molar-refractivity contribution in [2.24, 2.45) is 5.92 Å². The Morgan fingerprint density at radius 3 is 2.62 bits per heavy atom. The number of nitrogens with one attached hydrogen (secondary N) is 2. The van der Waals surface area contributed by atoms with Crippen molar-refractivity contribution in [3.63, 3.8) is 0 Å². The molecule has 1 saturated carbocycles. The van der Waals surface area contributed by atoms with E-state index in [1.807, 2.05) is 6.07 Å². The van der Waals surface area contributed by atoms with Gasteiger partial charge in [0.2, 0.25) is 11.8 Å². The molecule has 0 aliphatic heterocycles. The van der Waals surface area contributed by atoms with E-state index < -0.39 is 0 Å². The Bertz CT molecular complexity index is 522. The quantitative estimate of drug-likeness (QED) is 0.875. The number of benzene rings is 1. The van der Waals surface area contributed by atoms with E-state index in [9.17, 15) is 9.59 Å². The SMILES string of the molecule is COc1ccc(NC(C)=O)cc1CNC(=O)C1CCCC1. The number of hydrogen-bond acceptors (Lipinski definition) is 3. The highest BCUT2D eigenvalue weighted by Gasteiger charge is 2.22. The van der Waals surface area contributed by atoms with Crippen molar-refractivity contribution in [1.29, 1.82) is 0 Å². The zero-order valence-electron chi connectivity index (χ0n) is 12.6. The summed E-state index contributed by atoms with van der Waals surface area (Å²) in [5.41, 5.74) is 1.56. The summed E-state index contributed by atoms with van der Waals surface area (Å²) in [6.07, 6.45) is 4.24. The predicted molar refractivity (Wildman–Crippen MR) is 81.1 cm³/mol. The fourth-order valence-corrected chi connectivity index (χ4v) is 2.71. The predicted octanol–water partition coefficient (Wildman–Crippen LogP) is 2.46. The molecule has 0 bridgehead atoms. The maximum atomic E-state index is 12.1. The van der Waals surface area contributed by atoms with E-state index in [1.165, 1.54) is 6.92 Å². The molecular formula is C16H22N2O3. The zero-order chi connectivity index (χ0) is 15.2. The van der Waals surface area contributed by atoms with Crippen molar-refractivity contribution < 1.29 is 14.3 Å². The molecule has 2 amide bonds. The van der Waals surface area contributed by atoms with Crippen LogP contribution in [0.25, 0.3) is 0 Å². The molecule has 1 aliphatic rings. The van der Waals surface area contributed by atoms with E-state index in [-0.39, 0.29) is 17.7 Å². The van der Waals surface area contributed by atoms with E-state index >= 15 is 0 Å². The number of carbonyl (C=O) groups excluding carboxylic acids is 2. The monoisotopic (exact) mass is 290 g/mol. The number of hydrogen-bond donors (Lipinski definition) is 2. The van der Waals surface area contributed by atoms with Gasteiger partial charge in [-0.05, 0) is 31.0 Å². The van der Waals surface area contributed by atoms with Crippen LogP contribution in [0.4, 0.5) is 5.69 Å². The molecule has 5 heteroatoms. The number of carbonyl (C=O) groups is 2. The minimum absolute atomic E-state index is 0.111. The first kappa shape index (κ1) is 15.4. The van der Waals surface area contributed by atoms with Gasteiger partial charge in [-0.2, -0.15) is 0 Å². The molecule has 2 N–H and O–H groups in total. The third-order valence-corrected chi connectivity index (χ3v) is 3.78. The second-order valence-electron chi connectivity index (χ2n) is 5.41. The van der Waals surface area contributed by atoms with Gasteiger partial charge in [0.15, 0.2) is 0 Å². The van der Waals surface area contributed by atoms with Crippen LogP contribution in [-0.4, -0.2) is 18.9 Å². The van der Waals surface area contributed by atoms with Gasteiger partial charge in [0.05, 0.1) is 7.11 Å². The zero-order valence-corrected chi connectivity index (χ0v) is 12.6. The lowest BCUT2D eigenvalue weighted by atomic mass is 10.1. The Balaban J connectivity index is 2.02. The van der Waals surface area contributed by atoms with Gasteiger partial charge in [0.1, 0.15) is 5.75 Å². The first-order valence-electron chi connectivity index (χ1n) is 7.32. The van der Waals surface area contributed by atoms with Crippen molar-refractivity contribution in [1.82, 2.24) is 5.32 Å². The highest BCUT2D eigenvalue weighted by Crippen LogP contribution is 2.26. The van der Waals surface area contributed by atoms with E-state index in [1.54, 1.807) is 19.2 Å². The third-order valence-electron chi connectivity index (χ3n) is 3.78. The molecule has 21 heavy (non-hydrogen) atoms. The van der Waals surface area contributed by atoms with Gasteiger partial charge in [-0.25, -0.2) is 0 Å². The molecule has 114 valence electrons. The highest BCUT2D eigenvalue weighted by molar-refractivity contribution is 5.88. The molecule has 1 aromatic carbocycles. The summed E-state index contributed by atoms with van der Waals surface area (Å²) in [5.74, 6) is 0.839. The molecule has 1 aliphatic carbocycles. The van der Waals surface area contributed by atoms with Gasteiger partial charge in [-0.3, -0.25) is 9.59 Å². The summed E-state index contributed by atoms with van der Waals surface area (Å²) in [7, 11) is 1.59. The minimum atomic E-state index is -0.124. The van der Waals surface area contributed by atoms with E-state index in [0.717, 1.165) is 31.2 Å². The van der Waals surface area contributed by atoms with Crippen LogP contribution in [0.5, 0.6) is 5.75 Å². The lowest BCUT2D eigenvalue weighted by Crippen LogP contribution is -2.28. The molecule has 0 radical (unpaired) electrons. The van der Waals surface area contributed by atoms with Gasteiger partial charge < -0.3 is 15.4 Å². The number of rotatable bonds is 5. The van der Waals surface area contributed by atoms with Crippen LogP contribution in [0.15, 0.2) is 18.2 Å². The van der Waals surface area contributed by atoms with Crippen LogP contribution < -0.4 is 15.4 Å². The first-order valence-corrected chi connectivity index (χ1v) is 7.32. The van der Waals surface area contributed by atoms with Crippen LogP contribution in [0.1, 0.15) is 38.2 Å². The fourth-order valence-electron chi connectivity index (χ4n) is 2.71. The van der Waals surface area contributed by atoms with Crippen molar-refractivity contribution in [2.75, 3.05) is 12.4 Å². The molecule has 0 heterocycles. The lowest BCUT2D eigenvalue weighted by molar-refractivity contribution is -0.125. The second kappa shape index (κ2) is 7.11. The Kier molecular flexibility index (Phi) is 5.20. The Labute approximate surface area is 125 Å². The number of amides is 2. The first-order chi connectivity index (χ1) is 10.1. The summed E-state index contributed by atoms with van der Waals surface area (Å²) in [6, 6.07) is 5.40. The Hall–Kier alpha value is -2.04. The maximum Gasteiger partial charge on any atom is 0.223 e. The maximum absolute atomic E-state index is 12.1. The molecular weight excluding hydrogens is 268 g/mol. The molecule has 0 spiro atoms. The largest absolute Gasteiger partial charge is 0.496 e. The molecule has 1 fully saturated rings. The van der Waals surface area contributed by atoms with Gasteiger partial charge in [0.25, 0.3) is 0 Å². The second-order valence-corrected chi connectivity index (χ2v) is 5.41. The Morgan fingerprint density at radius 2 is 2.00 bits per heavy atom. The standard InChI is InChI=1S/C16H22N2O3/c1-11(19)18-14-7-8-15(21-2)13(9-14)10-17-16(20)12-5-3-4-6-12/h7-9,12H,3-6,10H2,1-2H3,(H,17,20)(H,18,19).